The Morgan fingerprint density at radius 3 is 2.70 bits per heavy atom. The van der Waals surface area contributed by atoms with Gasteiger partial charge in [-0.05, 0) is 46.0 Å². The summed E-state index contributed by atoms with van der Waals surface area (Å²) in [5.41, 5.74) is 2.25. The molecule has 3 atom stereocenters. The van der Waals surface area contributed by atoms with Crippen LogP contribution in [0.15, 0.2) is 0 Å². The number of fused-ring (bicyclic) bond motifs is 1. The van der Waals surface area contributed by atoms with Crippen LogP contribution in [0.1, 0.15) is 54.4 Å². The lowest BCUT2D eigenvalue weighted by molar-refractivity contribution is -0.122. The molecule has 3 heterocycles. The van der Waals surface area contributed by atoms with Crippen LogP contribution in [0.4, 0.5) is 0 Å². The highest BCUT2D eigenvalue weighted by atomic mass is 16.5. The molecule has 1 aromatic heterocycles. The summed E-state index contributed by atoms with van der Waals surface area (Å²) in [6.45, 7) is 8.52. The van der Waals surface area contributed by atoms with Crippen molar-refractivity contribution >= 4 is 11.7 Å². The van der Waals surface area contributed by atoms with Crippen LogP contribution in [0.3, 0.4) is 0 Å². The summed E-state index contributed by atoms with van der Waals surface area (Å²) in [6.07, 6.45) is 4.36. The van der Waals surface area contributed by atoms with E-state index in [-0.39, 0.29) is 17.7 Å². The van der Waals surface area contributed by atoms with Crippen molar-refractivity contribution in [1.29, 1.82) is 0 Å². The smallest absolute Gasteiger partial charge is 0.222 e. The fourth-order valence-electron chi connectivity index (χ4n) is 4.69. The second-order valence-electron chi connectivity index (χ2n) is 8.39. The Hall–Kier alpha value is -1.73. The molecule has 0 bridgehead atoms. The highest BCUT2D eigenvalue weighted by Crippen LogP contribution is 2.37. The lowest BCUT2D eigenvalue weighted by Gasteiger charge is -2.35. The number of carbonyl (C=O) groups excluding carboxylic acids is 2. The number of carbonyl (C=O) groups is 2. The first-order chi connectivity index (χ1) is 12.9. The van der Waals surface area contributed by atoms with Crippen molar-refractivity contribution in [2.24, 2.45) is 5.92 Å². The van der Waals surface area contributed by atoms with Crippen molar-refractivity contribution in [3.63, 3.8) is 0 Å². The molecule has 0 aromatic carbocycles. The van der Waals surface area contributed by atoms with E-state index in [4.69, 9.17) is 4.74 Å². The molecule has 1 aromatic rings. The number of Topliss-reactive ketones (excluding diaryl/α,β-unsaturated/α-hetero) is 1. The number of aromatic nitrogens is 2. The number of amides is 1. The zero-order valence-electron chi connectivity index (χ0n) is 16.5. The number of aryl methyl sites for hydroxylation is 2. The Labute approximate surface area is 160 Å². The average molecular weight is 374 g/mol. The van der Waals surface area contributed by atoms with Gasteiger partial charge in [0.05, 0.1) is 24.0 Å². The van der Waals surface area contributed by atoms with Crippen LogP contribution < -0.4 is 5.32 Å². The SMILES string of the molecule is CC(=O)c1c(C)nn(CCC(=O)N[C@@H]2C[C@H]3CO[C@@H](C4CC4)CN3C2)c1C. The first kappa shape index (κ1) is 18.6. The Morgan fingerprint density at radius 1 is 1.26 bits per heavy atom. The summed E-state index contributed by atoms with van der Waals surface area (Å²) in [7, 11) is 0. The van der Waals surface area contributed by atoms with Crippen LogP contribution >= 0.6 is 0 Å². The molecular formula is C20H30N4O3. The molecule has 0 spiro atoms. The van der Waals surface area contributed by atoms with E-state index >= 15 is 0 Å². The summed E-state index contributed by atoms with van der Waals surface area (Å²) in [5.74, 6) is 0.840. The van der Waals surface area contributed by atoms with Crippen LogP contribution in [-0.4, -0.2) is 64.3 Å². The quantitative estimate of drug-likeness (QED) is 0.763. The van der Waals surface area contributed by atoms with E-state index in [9.17, 15) is 9.59 Å². The molecule has 7 heteroatoms. The molecule has 3 fully saturated rings. The highest BCUT2D eigenvalue weighted by Gasteiger charge is 2.42. The minimum atomic E-state index is 0.0232. The largest absolute Gasteiger partial charge is 0.375 e. The Bertz CT molecular complexity index is 740. The summed E-state index contributed by atoms with van der Waals surface area (Å²) < 4.78 is 7.80. The fraction of sp³-hybridized carbons (Fsp3) is 0.750. The second-order valence-corrected chi connectivity index (χ2v) is 8.39. The Morgan fingerprint density at radius 2 is 2.04 bits per heavy atom. The zero-order chi connectivity index (χ0) is 19.1. The lowest BCUT2D eigenvalue weighted by Crippen LogP contribution is -2.47. The minimum Gasteiger partial charge on any atom is -0.375 e. The summed E-state index contributed by atoms with van der Waals surface area (Å²) in [6, 6.07) is 0.650. The van der Waals surface area contributed by atoms with Crippen LogP contribution in [0, 0.1) is 19.8 Å². The first-order valence-corrected chi connectivity index (χ1v) is 10.1. The van der Waals surface area contributed by atoms with E-state index in [0.717, 1.165) is 43.4 Å². The highest BCUT2D eigenvalue weighted by molar-refractivity contribution is 5.96. The molecule has 2 saturated heterocycles. The molecule has 27 heavy (non-hydrogen) atoms. The van der Waals surface area contributed by atoms with Gasteiger partial charge in [0.1, 0.15) is 0 Å². The number of morpholine rings is 1. The number of nitrogens with zero attached hydrogens (tertiary/aromatic N) is 3. The summed E-state index contributed by atoms with van der Waals surface area (Å²) >= 11 is 0. The molecule has 7 nitrogen and oxygen atoms in total. The van der Waals surface area contributed by atoms with Crippen molar-refractivity contribution in [3.05, 3.63) is 17.0 Å². The Kier molecular flexibility index (Phi) is 5.07. The topological polar surface area (TPSA) is 76.5 Å². The van der Waals surface area contributed by atoms with Crippen LogP contribution in [0.2, 0.25) is 0 Å². The number of nitrogens with one attached hydrogen (secondary N) is 1. The van der Waals surface area contributed by atoms with Gasteiger partial charge in [-0.3, -0.25) is 19.2 Å². The molecule has 4 rings (SSSR count). The summed E-state index contributed by atoms with van der Waals surface area (Å²) in [5, 5.41) is 7.60. The third-order valence-electron chi connectivity index (χ3n) is 6.24. The standard InChI is InChI=1S/C20H30N4O3/c1-12-20(14(3)25)13(2)24(22-12)7-6-19(26)21-16-8-17-11-27-18(15-4-5-15)10-23(17)9-16/h15-18H,4-11H2,1-3H3,(H,21,26)/t16-,17+,18-/m1/s1. The van der Waals surface area contributed by atoms with Gasteiger partial charge in [0.15, 0.2) is 5.78 Å². The third kappa shape index (κ3) is 3.94. The van der Waals surface area contributed by atoms with Gasteiger partial charge in [0.2, 0.25) is 5.91 Å². The van der Waals surface area contributed by atoms with Crippen molar-refractivity contribution in [3.8, 4) is 0 Å². The zero-order valence-corrected chi connectivity index (χ0v) is 16.5. The Balaban J connectivity index is 1.27. The average Bonchev–Trinajstić information content (AvgIpc) is 3.31. The molecule has 1 N–H and O–H groups in total. The normalized spacial score (nSPS) is 28.2. The first-order valence-electron chi connectivity index (χ1n) is 10.1. The molecule has 1 saturated carbocycles. The molecule has 1 amide bonds. The maximum atomic E-state index is 12.4. The lowest BCUT2D eigenvalue weighted by atomic mass is 10.1. The molecule has 3 aliphatic rings. The van der Waals surface area contributed by atoms with Gasteiger partial charge < -0.3 is 10.1 Å². The summed E-state index contributed by atoms with van der Waals surface area (Å²) in [4.78, 5) is 26.6. The monoisotopic (exact) mass is 374 g/mol. The molecule has 1 aliphatic carbocycles. The third-order valence-corrected chi connectivity index (χ3v) is 6.24. The predicted octanol–water partition coefficient (Wildman–Crippen LogP) is 1.46. The second kappa shape index (κ2) is 7.36. The van der Waals surface area contributed by atoms with Crippen LogP contribution in [0.25, 0.3) is 0 Å². The van der Waals surface area contributed by atoms with Crippen molar-refractivity contribution in [1.82, 2.24) is 20.0 Å². The van der Waals surface area contributed by atoms with Crippen molar-refractivity contribution in [2.45, 2.75) is 71.2 Å². The number of ketones is 1. The number of rotatable bonds is 6. The molecule has 0 radical (unpaired) electrons. The van der Waals surface area contributed by atoms with E-state index in [1.54, 1.807) is 11.6 Å². The van der Waals surface area contributed by atoms with E-state index in [0.29, 0.717) is 30.7 Å². The van der Waals surface area contributed by atoms with E-state index in [1.165, 1.54) is 12.8 Å². The van der Waals surface area contributed by atoms with E-state index < -0.39 is 0 Å². The fourth-order valence-corrected chi connectivity index (χ4v) is 4.69. The van der Waals surface area contributed by atoms with Gasteiger partial charge in [0, 0.05) is 43.8 Å². The maximum absolute atomic E-state index is 12.4. The van der Waals surface area contributed by atoms with Gasteiger partial charge in [-0.2, -0.15) is 5.10 Å². The van der Waals surface area contributed by atoms with Gasteiger partial charge in [-0.15, -0.1) is 0 Å². The van der Waals surface area contributed by atoms with E-state index in [1.807, 2.05) is 13.8 Å². The van der Waals surface area contributed by atoms with Crippen molar-refractivity contribution in [2.75, 3.05) is 19.7 Å². The maximum Gasteiger partial charge on any atom is 0.222 e. The van der Waals surface area contributed by atoms with Gasteiger partial charge in [-0.25, -0.2) is 0 Å². The molecule has 148 valence electrons. The van der Waals surface area contributed by atoms with Crippen LogP contribution in [0.5, 0.6) is 0 Å². The van der Waals surface area contributed by atoms with Gasteiger partial charge in [0.25, 0.3) is 0 Å². The van der Waals surface area contributed by atoms with E-state index in [2.05, 4.69) is 15.3 Å². The molecule has 2 aliphatic heterocycles. The number of hydrogen-bond acceptors (Lipinski definition) is 5. The van der Waals surface area contributed by atoms with Crippen molar-refractivity contribution < 1.29 is 14.3 Å². The minimum absolute atomic E-state index is 0.0232. The molecule has 0 unspecified atom stereocenters. The van der Waals surface area contributed by atoms with Crippen LogP contribution in [-0.2, 0) is 16.1 Å². The number of ether oxygens (including phenoxy) is 1. The van der Waals surface area contributed by atoms with Gasteiger partial charge in [-0.1, -0.05) is 0 Å². The predicted molar refractivity (Wildman–Crippen MR) is 101 cm³/mol. The molecular weight excluding hydrogens is 344 g/mol. The number of hydrogen-bond donors (Lipinski definition) is 1. The van der Waals surface area contributed by atoms with Gasteiger partial charge >= 0.3 is 0 Å².